The molecule has 0 spiro atoms. The van der Waals surface area contributed by atoms with Crippen molar-refractivity contribution < 1.29 is 23.0 Å². The van der Waals surface area contributed by atoms with Crippen LogP contribution in [0.5, 0.6) is 11.5 Å². The first-order chi connectivity index (χ1) is 12.3. The number of aryl methyl sites for hydroxylation is 1. The number of aromatic nitrogens is 1. The van der Waals surface area contributed by atoms with Crippen molar-refractivity contribution in [1.82, 2.24) is 10.3 Å². The first-order valence-corrected chi connectivity index (χ1v) is 8.98. The van der Waals surface area contributed by atoms with Gasteiger partial charge in [-0.3, -0.25) is 4.79 Å². The van der Waals surface area contributed by atoms with Crippen LogP contribution in [0.25, 0.3) is 0 Å². The SMILES string of the molecule is COc1cc(CNC(=O)c2sc(CC(C)C)nc2C)ccc1OC(F)F. The number of benzene rings is 1. The summed E-state index contributed by atoms with van der Waals surface area (Å²) in [6.07, 6.45) is 0.835. The number of nitrogens with zero attached hydrogens (tertiary/aromatic N) is 1. The largest absolute Gasteiger partial charge is 0.493 e. The minimum absolute atomic E-state index is 0.0470. The molecular formula is C18H22F2N2O3S. The van der Waals surface area contributed by atoms with Crippen molar-refractivity contribution in [2.24, 2.45) is 5.92 Å². The third-order valence-corrected chi connectivity index (χ3v) is 4.71. The van der Waals surface area contributed by atoms with Gasteiger partial charge in [-0.1, -0.05) is 19.9 Å². The Morgan fingerprint density at radius 2 is 2.04 bits per heavy atom. The van der Waals surface area contributed by atoms with E-state index in [0.29, 0.717) is 22.1 Å². The molecule has 0 saturated carbocycles. The summed E-state index contributed by atoms with van der Waals surface area (Å²) in [5.41, 5.74) is 1.42. The zero-order chi connectivity index (χ0) is 19.3. The molecule has 0 atom stereocenters. The maximum absolute atomic E-state index is 12.4. The highest BCUT2D eigenvalue weighted by Crippen LogP contribution is 2.29. The lowest BCUT2D eigenvalue weighted by molar-refractivity contribution is -0.0512. The Hall–Kier alpha value is -2.22. The fourth-order valence-electron chi connectivity index (χ4n) is 2.38. The molecule has 5 nitrogen and oxygen atoms in total. The molecule has 0 aliphatic heterocycles. The predicted octanol–water partition coefficient (Wildman–Crippen LogP) is 4.19. The normalized spacial score (nSPS) is 11.1. The zero-order valence-electron chi connectivity index (χ0n) is 15.1. The van der Waals surface area contributed by atoms with Crippen LogP contribution in [-0.4, -0.2) is 24.6 Å². The molecule has 2 rings (SSSR count). The van der Waals surface area contributed by atoms with E-state index < -0.39 is 6.61 Å². The lowest BCUT2D eigenvalue weighted by atomic mass is 10.1. The van der Waals surface area contributed by atoms with Crippen LogP contribution >= 0.6 is 11.3 Å². The molecule has 142 valence electrons. The Kier molecular flexibility index (Phi) is 6.90. The predicted molar refractivity (Wildman–Crippen MR) is 96.2 cm³/mol. The van der Waals surface area contributed by atoms with E-state index in [1.54, 1.807) is 12.1 Å². The first kappa shape index (κ1) is 20.1. The molecule has 0 fully saturated rings. The second kappa shape index (κ2) is 8.93. The van der Waals surface area contributed by atoms with E-state index in [1.807, 2.05) is 6.92 Å². The lowest BCUT2D eigenvalue weighted by Crippen LogP contribution is -2.22. The molecule has 0 aliphatic carbocycles. The van der Waals surface area contributed by atoms with E-state index in [1.165, 1.54) is 24.5 Å². The van der Waals surface area contributed by atoms with Gasteiger partial charge >= 0.3 is 6.61 Å². The van der Waals surface area contributed by atoms with Crippen molar-refractivity contribution in [1.29, 1.82) is 0 Å². The molecule has 0 radical (unpaired) electrons. The van der Waals surface area contributed by atoms with Crippen LogP contribution in [0.3, 0.4) is 0 Å². The van der Waals surface area contributed by atoms with Gasteiger partial charge in [-0.05, 0) is 30.5 Å². The number of nitrogens with one attached hydrogen (secondary N) is 1. The molecule has 1 heterocycles. The smallest absolute Gasteiger partial charge is 0.387 e. The van der Waals surface area contributed by atoms with Crippen LogP contribution in [0.4, 0.5) is 8.78 Å². The average Bonchev–Trinajstić information content (AvgIpc) is 2.92. The highest BCUT2D eigenvalue weighted by Gasteiger charge is 2.16. The van der Waals surface area contributed by atoms with Crippen molar-refractivity contribution in [3.8, 4) is 11.5 Å². The van der Waals surface area contributed by atoms with Crippen LogP contribution < -0.4 is 14.8 Å². The maximum Gasteiger partial charge on any atom is 0.387 e. The fraction of sp³-hybridized carbons (Fsp3) is 0.444. The second-order valence-electron chi connectivity index (χ2n) is 6.17. The Balaban J connectivity index is 2.04. The van der Waals surface area contributed by atoms with Crippen LogP contribution in [-0.2, 0) is 13.0 Å². The minimum atomic E-state index is -2.93. The number of halogens is 2. The summed E-state index contributed by atoms with van der Waals surface area (Å²) in [5.74, 6) is 0.402. The van der Waals surface area contributed by atoms with Crippen LogP contribution in [0.15, 0.2) is 18.2 Å². The third kappa shape index (κ3) is 5.39. The number of hydrogen-bond acceptors (Lipinski definition) is 5. The van der Waals surface area contributed by atoms with Crippen molar-refractivity contribution >= 4 is 17.2 Å². The van der Waals surface area contributed by atoms with Gasteiger partial charge in [-0.2, -0.15) is 8.78 Å². The van der Waals surface area contributed by atoms with E-state index >= 15 is 0 Å². The molecule has 0 saturated heterocycles. The Bertz CT molecular complexity index is 763. The Labute approximate surface area is 155 Å². The number of ether oxygens (including phenoxy) is 2. The van der Waals surface area contributed by atoms with Gasteiger partial charge in [0, 0.05) is 13.0 Å². The number of hydrogen-bond donors (Lipinski definition) is 1. The van der Waals surface area contributed by atoms with Gasteiger partial charge in [-0.15, -0.1) is 11.3 Å². The van der Waals surface area contributed by atoms with Crippen molar-refractivity contribution in [2.75, 3.05) is 7.11 Å². The summed E-state index contributed by atoms with van der Waals surface area (Å²) in [7, 11) is 1.37. The molecule has 8 heteroatoms. The van der Waals surface area contributed by atoms with E-state index in [4.69, 9.17) is 4.74 Å². The monoisotopic (exact) mass is 384 g/mol. The molecular weight excluding hydrogens is 362 g/mol. The summed E-state index contributed by atoms with van der Waals surface area (Å²) >= 11 is 1.40. The Morgan fingerprint density at radius 3 is 2.65 bits per heavy atom. The lowest BCUT2D eigenvalue weighted by Gasteiger charge is -2.11. The topological polar surface area (TPSA) is 60.5 Å². The summed E-state index contributed by atoms with van der Waals surface area (Å²) in [4.78, 5) is 17.4. The van der Waals surface area contributed by atoms with Gasteiger partial charge < -0.3 is 14.8 Å². The van der Waals surface area contributed by atoms with E-state index in [-0.39, 0.29) is 24.0 Å². The quantitative estimate of drug-likeness (QED) is 0.741. The Morgan fingerprint density at radius 1 is 1.31 bits per heavy atom. The van der Waals surface area contributed by atoms with Crippen molar-refractivity contribution in [2.45, 2.75) is 40.3 Å². The molecule has 1 amide bonds. The zero-order valence-corrected chi connectivity index (χ0v) is 16.0. The second-order valence-corrected chi connectivity index (χ2v) is 7.25. The van der Waals surface area contributed by atoms with E-state index in [0.717, 1.165) is 11.4 Å². The fourth-order valence-corrected chi connectivity index (χ4v) is 3.57. The maximum atomic E-state index is 12.4. The van der Waals surface area contributed by atoms with Gasteiger partial charge in [-0.25, -0.2) is 4.98 Å². The summed E-state index contributed by atoms with van der Waals surface area (Å²) < 4.78 is 34.2. The van der Waals surface area contributed by atoms with E-state index in [2.05, 4.69) is 28.9 Å². The molecule has 1 aromatic heterocycles. The van der Waals surface area contributed by atoms with Crippen LogP contribution in [0.2, 0.25) is 0 Å². The number of methoxy groups -OCH3 is 1. The molecule has 26 heavy (non-hydrogen) atoms. The standard InChI is InChI=1S/C18H22F2N2O3S/c1-10(2)7-15-22-11(3)16(26-15)17(23)21-9-12-5-6-13(25-18(19)20)14(8-12)24-4/h5-6,8,10,18H,7,9H2,1-4H3,(H,21,23). The molecule has 2 aromatic rings. The van der Waals surface area contributed by atoms with Crippen LogP contribution in [0.1, 0.15) is 39.8 Å². The van der Waals surface area contributed by atoms with Gasteiger partial charge in [0.25, 0.3) is 5.91 Å². The number of amides is 1. The number of carbonyl (C=O) groups is 1. The number of carbonyl (C=O) groups excluding carboxylic acids is 1. The highest BCUT2D eigenvalue weighted by molar-refractivity contribution is 7.13. The molecule has 0 bridgehead atoms. The summed E-state index contributed by atoms with van der Waals surface area (Å²) in [6, 6.07) is 4.55. The molecule has 1 N–H and O–H groups in total. The number of alkyl halides is 2. The van der Waals surface area contributed by atoms with E-state index in [9.17, 15) is 13.6 Å². The van der Waals surface area contributed by atoms with Crippen molar-refractivity contribution in [3.63, 3.8) is 0 Å². The molecule has 1 aromatic carbocycles. The number of thiazole rings is 1. The van der Waals surface area contributed by atoms with Crippen molar-refractivity contribution in [3.05, 3.63) is 39.3 Å². The van der Waals surface area contributed by atoms with Gasteiger partial charge in [0.05, 0.1) is 17.8 Å². The summed E-state index contributed by atoms with van der Waals surface area (Å²) in [6.45, 7) is 3.33. The molecule has 0 aliphatic rings. The third-order valence-electron chi connectivity index (χ3n) is 3.53. The van der Waals surface area contributed by atoms with Gasteiger partial charge in [0.1, 0.15) is 4.88 Å². The van der Waals surface area contributed by atoms with Crippen LogP contribution in [0, 0.1) is 12.8 Å². The minimum Gasteiger partial charge on any atom is -0.493 e. The first-order valence-electron chi connectivity index (χ1n) is 8.16. The average molecular weight is 384 g/mol. The highest BCUT2D eigenvalue weighted by atomic mass is 32.1. The summed E-state index contributed by atoms with van der Waals surface area (Å²) in [5, 5.41) is 3.76. The molecule has 0 unspecified atom stereocenters. The van der Waals surface area contributed by atoms with Gasteiger partial charge in [0.2, 0.25) is 0 Å². The number of rotatable bonds is 8. The van der Waals surface area contributed by atoms with Gasteiger partial charge in [0.15, 0.2) is 11.5 Å².